The van der Waals surface area contributed by atoms with Crippen LogP contribution in [-0.4, -0.2) is 76.2 Å². The van der Waals surface area contributed by atoms with Gasteiger partial charge in [-0.25, -0.2) is 4.79 Å². The highest BCUT2D eigenvalue weighted by Crippen LogP contribution is 2.09. The minimum Gasteiger partial charge on any atom is -0.480 e. The number of nitrogens with one attached hydrogen (secondary N) is 3. The second-order valence-corrected chi connectivity index (χ2v) is 6.72. The van der Waals surface area contributed by atoms with Crippen LogP contribution in [0.15, 0.2) is 0 Å². The van der Waals surface area contributed by atoms with Crippen LogP contribution in [0.25, 0.3) is 0 Å². The largest absolute Gasteiger partial charge is 0.480 e. The van der Waals surface area contributed by atoms with Gasteiger partial charge in [-0.2, -0.15) is 25.3 Å². The molecule has 0 fully saturated rings. The van der Waals surface area contributed by atoms with Crippen molar-refractivity contribution in [2.24, 2.45) is 11.7 Å². The van der Waals surface area contributed by atoms with E-state index in [2.05, 4.69) is 41.2 Å². The van der Waals surface area contributed by atoms with Crippen LogP contribution in [0, 0.1) is 5.92 Å². The maximum absolute atomic E-state index is 12.4. The summed E-state index contributed by atoms with van der Waals surface area (Å²) >= 11 is 7.76. The van der Waals surface area contributed by atoms with Gasteiger partial charge in [-0.1, -0.05) is 20.3 Å². The fraction of sp³-hybridized carbons (Fsp3) is 0.733. The molecule has 0 spiro atoms. The van der Waals surface area contributed by atoms with Gasteiger partial charge in [-0.3, -0.25) is 14.4 Å². The molecule has 0 aliphatic rings. The Labute approximate surface area is 168 Å². The molecule has 0 bridgehead atoms. The average Bonchev–Trinajstić information content (AvgIpc) is 2.65. The van der Waals surface area contributed by atoms with E-state index in [4.69, 9.17) is 10.8 Å². The predicted octanol–water partition coefficient (Wildman–Crippen LogP) is -2.25. The smallest absolute Gasteiger partial charge is 0.327 e. The van der Waals surface area contributed by atoms with Crippen LogP contribution in [0.3, 0.4) is 0 Å². The molecule has 0 saturated carbocycles. The van der Waals surface area contributed by atoms with Crippen molar-refractivity contribution in [2.75, 3.05) is 18.1 Å². The second-order valence-electron chi connectivity index (χ2n) is 5.99. The molecule has 0 heterocycles. The van der Waals surface area contributed by atoms with Crippen molar-refractivity contribution in [2.45, 2.75) is 44.4 Å². The van der Waals surface area contributed by atoms with E-state index in [1.54, 1.807) is 13.8 Å². The van der Waals surface area contributed by atoms with Crippen molar-refractivity contribution in [3.8, 4) is 0 Å². The molecule has 12 heteroatoms. The Hall–Kier alpha value is -1.50. The van der Waals surface area contributed by atoms with E-state index < -0.39 is 54.5 Å². The van der Waals surface area contributed by atoms with Crippen molar-refractivity contribution in [3.63, 3.8) is 0 Å². The third-order valence-corrected chi connectivity index (χ3v) is 4.70. The van der Waals surface area contributed by atoms with Gasteiger partial charge in [0.15, 0.2) is 0 Å². The molecule has 27 heavy (non-hydrogen) atoms. The van der Waals surface area contributed by atoms with Crippen LogP contribution >= 0.6 is 25.3 Å². The zero-order valence-electron chi connectivity index (χ0n) is 15.2. The van der Waals surface area contributed by atoms with E-state index in [-0.39, 0.29) is 17.4 Å². The van der Waals surface area contributed by atoms with Crippen LogP contribution in [0.2, 0.25) is 0 Å². The summed E-state index contributed by atoms with van der Waals surface area (Å²) in [6, 6.07) is -4.56. The lowest BCUT2D eigenvalue weighted by molar-refractivity contribution is -0.142. The molecule has 156 valence electrons. The summed E-state index contributed by atoms with van der Waals surface area (Å²) in [5.74, 6) is -3.84. The van der Waals surface area contributed by atoms with Crippen molar-refractivity contribution in [1.82, 2.24) is 16.0 Å². The Morgan fingerprint density at radius 3 is 1.93 bits per heavy atom. The minimum absolute atomic E-state index is 0.0454. The van der Waals surface area contributed by atoms with Gasteiger partial charge in [0.05, 0.1) is 12.6 Å². The molecule has 0 rings (SSSR count). The molecular weight excluding hydrogens is 396 g/mol. The van der Waals surface area contributed by atoms with E-state index in [0.29, 0.717) is 6.42 Å². The summed E-state index contributed by atoms with van der Waals surface area (Å²) in [5, 5.41) is 25.4. The fourth-order valence-electron chi connectivity index (χ4n) is 1.96. The second kappa shape index (κ2) is 12.8. The topological polar surface area (TPSA) is 171 Å². The van der Waals surface area contributed by atoms with E-state index >= 15 is 0 Å². The van der Waals surface area contributed by atoms with Gasteiger partial charge in [0.1, 0.15) is 18.1 Å². The molecule has 0 aliphatic heterocycles. The zero-order chi connectivity index (χ0) is 21.1. The highest BCUT2D eigenvalue weighted by atomic mass is 32.1. The third kappa shape index (κ3) is 8.37. The highest BCUT2D eigenvalue weighted by Gasteiger charge is 2.32. The number of nitrogens with two attached hydrogens (primary N) is 1. The number of hydrogen-bond acceptors (Lipinski definition) is 8. The SMILES string of the molecule is CCC(C)C(NC(=O)C(CO)NC(=O)C(N)CS)C(=O)NC(CS)C(=O)O. The number of hydrogen-bond donors (Lipinski definition) is 8. The Bertz CT molecular complexity index is 536. The van der Waals surface area contributed by atoms with Gasteiger partial charge in [0.25, 0.3) is 0 Å². The number of amides is 3. The monoisotopic (exact) mass is 424 g/mol. The molecular formula is C15H28N4O6S2. The molecule has 0 saturated heterocycles. The summed E-state index contributed by atoms with van der Waals surface area (Å²) in [6.07, 6.45) is 0.512. The van der Waals surface area contributed by atoms with Crippen LogP contribution in [0.4, 0.5) is 0 Å². The summed E-state index contributed by atoms with van der Waals surface area (Å²) in [6.45, 7) is 2.78. The van der Waals surface area contributed by atoms with Gasteiger partial charge in [-0.15, -0.1) is 0 Å². The number of carboxylic acids is 1. The molecule has 0 aromatic rings. The first-order valence-electron chi connectivity index (χ1n) is 8.34. The van der Waals surface area contributed by atoms with Gasteiger partial charge >= 0.3 is 5.97 Å². The number of aliphatic hydroxyl groups excluding tert-OH is 1. The quantitative estimate of drug-likeness (QED) is 0.164. The molecule has 5 unspecified atom stereocenters. The molecule has 3 amide bonds. The van der Waals surface area contributed by atoms with E-state index in [1.165, 1.54) is 0 Å². The van der Waals surface area contributed by atoms with Crippen molar-refractivity contribution in [3.05, 3.63) is 0 Å². The van der Waals surface area contributed by atoms with Gasteiger partial charge in [-0.05, 0) is 5.92 Å². The lowest BCUT2D eigenvalue weighted by Gasteiger charge is -2.27. The molecule has 0 aromatic carbocycles. The first kappa shape index (κ1) is 25.5. The van der Waals surface area contributed by atoms with Crippen LogP contribution in [-0.2, 0) is 19.2 Å². The summed E-state index contributed by atoms with van der Waals surface area (Å²) in [4.78, 5) is 47.7. The van der Waals surface area contributed by atoms with Crippen LogP contribution in [0.1, 0.15) is 20.3 Å². The van der Waals surface area contributed by atoms with E-state index in [1.807, 2.05) is 0 Å². The van der Waals surface area contributed by atoms with Gasteiger partial charge in [0, 0.05) is 11.5 Å². The number of thiol groups is 2. The summed E-state index contributed by atoms with van der Waals surface area (Å²) in [7, 11) is 0. The number of carbonyl (C=O) groups excluding carboxylic acids is 3. The van der Waals surface area contributed by atoms with Crippen LogP contribution in [0.5, 0.6) is 0 Å². The Balaban J connectivity index is 5.20. The lowest BCUT2D eigenvalue weighted by Crippen LogP contribution is -2.59. The van der Waals surface area contributed by atoms with Crippen molar-refractivity contribution >= 4 is 48.9 Å². The summed E-state index contributed by atoms with van der Waals surface area (Å²) < 4.78 is 0. The Morgan fingerprint density at radius 2 is 1.52 bits per heavy atom. The normalized spacial score (nSPS) is 16.4. The maximum atomic E-state index is 12.4. The van der Waals surface area contributed by atoms with E-state index in [0.717, 1.165) is 0 Å². The van der Waals surface area contributed by atoms with Gasteiger partial charge < -0.3 is 31.9 Å². The molecule has 10 nitrogen and oxygen atoms in total. The number of rotatable bonds is 12. The summed E-state index contributed by atoms with van der Waals surface area (Å²) in [5.41, 5.74) is 5.51. The molecule has 5 atom stereocenters. The number of carbonyl (C=O) groups is 4. The van der Waals surface area contributed by atoms with Crippen molar-refractivity contribution < 1.29 is 29.4 Å². The fourth-order valence-corrected chi connectivity index (χ4v) is 2.37. The molecule has 0 aliphatic carbocycles. The Morgan fingerprint density at radius 1 is 0.963 bits per heavy atom. The maximum Gasteiger partial charge on any atom is 0.327 e. The first-order valence-corrected chi connectivity index (χ1v) is 9.61. The lowest BCUT2D eigenvalue weighted by atomic mass is 9.97. The molecule has 0 radical (unpaired) electrons. The number of aliphatic carboxylic acids is 1. The molecule has 7 N–H and O–H groups in total. The predicted molar refractivity (Wildman–Crippen MR) is 106 cm³/mol. The highest BCUT2D eigenvalue weighted by molar-refractivity contribution is 7.80. The minimum atomic E-state index is -1.32. The number of aliphatic hydroxyl groups is 1. The zero-order valence-corrected chi connectivity index (χ0v) is 17.0. The molecule has 0 aromatic heterocycles. The van der Waals surface area contributed by atoms with Crippen LogP contribution < -0.4 is 21.7 Å². The average molecular weight is 425 g/mol. The van der Waals surface area contributed by atoms with Gasteiger partial charge in [0.2, 0.25) is 17.7 Å². The van der Waals surface area contributed by atoms with Crippen molar-refractivity contribution in [1.29, 1.82) is 0 Å². The number of carboxylic acid groups (broad SMARTS) is 1. The standard InChI is InChI=1S/C15H28N4O6S2/c1-3-7(2)11(14(23)18-10(6-27)15(24)25)19-13(22)9(4-20)17-12(21)8(16)5-26/h7-11,20,26-27H,3-6,16H2,1-2H3,(H,17,21)(H,18,23)(H,19,22)(H,24,25). The third-order valence-electron chi connectivity index (χ3n) is 3.94. The van der Waals surface area contributed by atoms with E-state index in [9.17, 15) is 24.3 Å². The first-order chi connectivity index (χ1) is 12.6. The Kier molecular flexibility index (Phi) is 12.1.